The molecule has 0 saturated heterocycles. The first kappa shape index (κ1) is 20.4. The predicted molar refractivity (Wildman–Crippen MR) is 114 cm³/mol. The van der Waals surface area contributed by atoms with Gasteiger partial charge in [0.25, 0.3) is 0 Å². The van der Waals surface area contributed by atoms with E-state index in [0.717, 1.165) is 17.9 Å². The Bertz CT molecular complexity index is 938. The van der Waals surface area contributed by atoms with Gasteiger partial charge in [0.15, 0.2) is 11.0 Å². The number of nitrogens with one attached hydrogen (secondary N) is 1. The number of benzene rings is 1. The summed E-state index contributed by atoms with van der Waals surface area (Å²) in [6.07, 6.45) is 1.49. The third-order valence-electron chi connectivity index (χ3n) is 4.20. The van der Waals surface area contributed by atoms with Crippen molar-refractivity contribution in [1.82, 2.24) is 19.7 Å². The first-order valence-electron chi connectivity index (χ1n) is 9.05. The molecule has 0 bridgehead atoms. The van der Waals surface area contributed by atoms with E-state index in [1.165, 1.54) is 23.5 Å². The van der Waals surface area contributed by atoms with Gasteiger partial charge in [0.05, 0.1) is 10.8 Å². The van der Waals surface area contributed by atoms with Gasteiger partial charge in [0, 0.05) is 18.3 Å². The number of pyridine rings is 1. The van der Waals surface area contributed by atoms with Gasteiger partial charge in [-0.1, -0.05) is 61.5 Å². The Hall–Kier alpha value is -2.38. The van der Waals surface area contributed by atoms with Crippen molar-refractivity contribution in [1.29, 1.82) is 0 Å². The first-order chi connectivity index (χ1) is 13.5. The second-order valence-corrected chi connectivity index (χ2v) is 7.90. The maximum absolute atomic E-state index is 12.2. The van der Waals surface area contributed by atoms with Gasteiger partial charge >= 0.3 is 0 Å². The van der Waals surface area contributed by atoms with Crippen LogP contribution in [0.5, 0.6) is 0 Å². The summed E-state index contributed by atoms with van der Waals surface area (Å²) in [5.41, 5.74) is 2.30. The lowest BCUT2D eigenvalue weighted by molar-refractivity contribution is -0.113. The number of halogens is 1. The molecule has 146 valence electrons. The smallest absolute Gasteiger partial charge is 0.236 e. The summed E-state index contributed by atoms with van der Waals surface area (Å²) in [7, 11) is 0. The Morgan fingerprint density at radius 3 is 2.54 bits per heavy atom. The second kappa shape index (κ2) is 9.21. The molecule has 28 heavy (non-hydrogen) atoms. The predicted octanol–water partition coefficient (Wildman–Crippen LogP) is 4.87. The number of carbonyl (C=O) groups is 1. The SMILES string of the molecule is CCn1c(SCC(=O)Nc2ccc(Cl)cn2)nnc1-c1ccc(C(C)C)cc1. The first-order valence-corrected chi connectivity index (χ1v) is 10.4. The number of rotatable bonds is 7. The molecule has 0 aliphatic heterocycles. The molecule has 1 aromatic carbocycles. The van der Waals surface area contributed by atoms with Gasteiger partial charge < -0.3 is 9.88 Å². The number of amides is 1. The number of anilines is 1. The van der Waals surface area contributed by atoms with Gasteiger partial charge in [0.1, 0.15) is 5.82 Å². The van der Waals surface area contributed by atoms with Crippen molar-refractivity contribution in [2.45, 2.75) is 38.4 Å². The highest BCUT2D eigenvalue weighted by molar-refractivity contribution is 7.99. The molecule has 0 saturated carbocycles. The Morgan fingerprint density at radius 2 is 1.93 bits per heavy atom. The average molecular weight is 416 g/mol. The van der Waals surface area contributed by atoms with Crippen LogP contribution in [0.3, 0.4) is 0 Å². The van der Waals surface area contributed by atoms with Gasteiger partial charge in [-0.05, 0) is 30.5 Å². The van der Waals surface area contributed by atoms with Crippen LogP contribution in [0.2, 0.25) is 5.02 Å². The van der Waals surface area contributed by atoms with Crippen LogP contribution in [0.25, 0.3) is 11.4 Å². The van der Waals surface area contributed by atoms with Crippen LogP contribution in [-0.2, 0) is 11.3 Å². The summed E-state index contributed by atoms with van der Waals surface area (Å²) < 4.78 is 2.02. The molecule has 0 radical (unpaired) electrons. The maximum Gasteiger partial charge on any atom is 0.236 e. The number of nitrogens with zero attached hydrogens (tertiary/aromatic N) is 4. The number of aromatic nitrogens is 4. The van der Waals surface area contributed by atoms with Crippen molar-refractivity contribution in [3.05, 3.63) is 53.2 Å². The normalized spacial score (nSPS) is 11.0. The molecule has 3 aromatic rings. The number of hydrogen-bond donors (Lipinski definition) is 1. The standard InChI is InChI=1S/C20H22ClN5OS/c1-4-26-19(15-7-5-14(6-8-15)13(2)3)24-25-20(26)28-12-18(27)23-17-10-9-16(21)11-22-17/h5-11,13H,4,12H2,1-3H3,(H,22,23,27). The third kappa shape index (κ3) is 4.91. The van der Waals surface area contributed by atoms with E-state index in [9.17, 15) is 4.79 Å². The maximum atomic E-state index is 12.2. The fourth-order valence-electron chi connectivity index (χ4n) is 2.67. The lowest BCUT2D eigenvalue weighted by atomic mass is 10.0. The highest BCUT2D eigenvalue weighted by atomic mass is 35.5. The summed E-state index contributed by atoms with van der Waals surface area (Å²) in [5.74, 6) is 1.82. The van der Waals surface area contributed by atoms with Crippen molar-refractivity contribution in [2.75, 3.05) is 11.1 Å². The van der Waals surface area contributed by atoms with Crippen molar-refractivity contribution in [3.63, 3.8) is 0 Å². The Balaban J connectivity index is 1.68. The van der Waals surface area contributed by atoms with Crippen LogP contribution < -0.4 is 5.32 Å². The lowest BCUT2D eigenvalue weighted by Gasteiger charge is -2.09. The van der Waals surface area contributed by atoms with Gasteiger partial charge in [-0.3, -0.25) is 4.79 Å². The van der Waals surface area contributed by atoms with Gasteiger partial charge in [0.2, 0.25) is 5.91 Å². The molecule has 0 fully saturated rings. The van der Waals surface area contributed by atoms with E-state index in [2.05, 4.69) is 58.6 Å². The molecule has 0 unspecified atom stereocenters. The Labute approximate surface area is 173 Å². The molecule has 0 atom stereocenters. The summed E-state index contributed by atoms with van der Waals surface area (Å²) in [4.78, 5) is 16.2. The summed E-state index contributed by atoms with van der Waals surface area (Å²) in [6, 6.07) is 11.7. The lowest BCUT2D eigenvalue weighted by Crippen LogP contribution is -2.15. The van der Waals surface area contributed by atoms with Crippen molar-refractivity contribution in [2.24, 2.45) is 0 Å². The molecular weight excluding hydrogens is 394 g/mol. The topological polar surface area (TPSA) is 72.7 Å². The Kier molecular flexibility index (Phi) is 6.70. The minimum atomic E-state index is -0.159. The second-order valence-electron chi connectivity index (χ2n) is 6.53. The summed E-state index contributed by atoms with van der Waals surface area (Å²) in [5, 5.41) is 12.6. The van der Waals surface area contributed by atoms with Crippen LogP contribution in [0.1, 0.15) is 32.3 Å². The van der Waals surface area contributed by atoms with Crippen LogP contribution >= 0.6 is 23.4 Å². The van der Waals surface area contributed by atoms with Crippen molar-refractivity contribution >= 4 is 35.1 Å². The van der Waals surface area contributed by atoms with E-state index in [4.69, 9.17) is 11.6 Å². The van der Waals surface area contributed by atoms with Gasteiger partial charge in [-0.2, -0.15) is 0 Å². The zero-order valence-electron chi connectivity index (χ0n) is 16.0. The molecule has 6 nitrogen and oxygen atoms in total. The van der Waals surface area contributed by atoms with E-state index in [-0.39, 0.29) is 11.7 Å². The fraction of sp³-hybridized carbons (Fsp3) is 0.300. The van der Waals surface area contributed by atoms with E-state index < -0.39 is 0 Å². The molecule has 0 aliphatic carbocycles. The van der Waals surface area contributed by atoms with Gasteiger partial charge in [-0.15, -0.1) is 10.2 Å². The molecule has 0 spiro atoms. The molecule has 2 heterocycles. The van der Waals surface area contributed by atoms with Crippen LogP contribution in [0, 0.1) is 0 Å². The van der Waals surface area contributed by atoms with Crippen LogP contribution in [-0.4, -0.2) is 31.4 Å². The largest absolute Gasteiger partial charge is 0.310 e. The van der Waals surface area contributed by atoms with E-state index >= 15 is 0 Å². The molecular formula is C20H22ClN5OS. The monoisotopic (exact) mass is 415 g/mol. The molecule has 8 heteroatoms. The molecule has 1 amide bonds. The minimum Gasteiger partial charge on any atom is -0.310 e. The van der Waals surface area contributed by atoms with E-state index in [1.807, 2.05) is 11.5 Å². The average Bonchev–Trinajstić information content (AvgIpc) is 3.11. The van der Waals surface area contributed by atoms with E-state index in [0.29, 0.717) is 21.9 Å². The Morgan fingerprint density at radius 1 is 1.18 bits per heavy atom. The number of carbonyl (C=O) groups excluding carboxylic acids is 1. The quantitative estimate of drug-likeness (QED) is 0.557. The molecule has 3 rings (SSSR count). The third-order valence-corrected chi connectivity index (χ3v) is 5.39. The highest BCUT2D eigenvalue weighted by Crippen LogP contribution is 2.25. The molecule has 0 aliphatic rings. The fourth-order valence-corrected chi connectivity index (χ4v) is 3.58. The van der Waals surface area contributed by atoms with Crippen molar-refractivity contribution in [3.8, 4) is 11.4 Å². The van der Waals surface area contributed by atoms with Crippen LogP contribution in [0.4, 0.5) is 5.82 Å². The zero-order chi connectivity index (χ0) is 20.1. The zero-order valence-corrected chi connectivity index (χ0v) is 17.6. The number of thioether (sulfide) groups is 1. The minimum absolute atomic E-state index is 0.159. The van der Waals surface area contributed by atoms with Crippen LogP contribution in [0.15, 0.2) is 47.8 Å². The highest BCUT2D eigenvalue weighted by Gasteiger charge is 2.15. The van der Waals surface area contributed by atoms with Crippen molar-refractivity contribution < 1.29 is 4.79 Å². The summed E-state index contributed by atoms with van der Waals surface area (Å²) >= 11 is 7.15. The molecule has 1 N–H and O–H groups in total. The molecule has 2 aromatic heterocycles. The number of hydrogen-bond acceptors (Lipinski definition) is 5. The van der Waals surface area contributed by atoms with Gasteiger partial charge in [-0.25, -0.2) is 4.98 Å². The summed E-state index contributed by atoms with van der Waals surface area (Å²) in [6.45, 7) is 7.10. The van der Waals surface area contributed by atoms with E-state index in [1.54, 1.807) is 12.1 Å².